The fraction of sp³-hybridized carbons (Fsp3) is 0.462. The average Bonchev–Trinajstić information content (AvgIpc) is 2.42. The monoisotopic (exact) mass is 336 g/mol. The van der Waals surface area contributed by atoms with Crippen LogP contribution in [0.1, 0.15) is 37.0 Å². The summed E-state index contributed by atoms with van der Waals surface area (Å²) >= 11 is 5.80. The lowest BCUT2D eigenvalue weighted by Crippen LogP contribution is -2.34. The van der Waals surface area contributed by atoms with Crippen molar-refractivity contribution in [3.63, 3.8) is 0 Å². The Morgan fingerprint density at radius 1 is 1.33 bits per heavy atom. The van der Waals surface area contributed by atoms with Crippen molar-refractivity contribution in [3.8, 4) is 5.75 Å². The number of benzene rings is 1. The maximum Gasteiger partial charge on any atom is 0.368 e. The zero-order chi connectivity index (χ0) is 16.3. The molecule has 6 nitrogen and oxygen atoms in total. The summed E-state index contributed by atoms with van der Waals surface area (Å²) in [6.07, 6.45) is -0.00908. The lowest BCUT2D eigenvalue weighted by molar-refractivity contribution is 0.00366. The average molecular weight is 337 g/mol. The van der Waals surface area contributed by atoms with Gasteiger partial charge in [0.25, 0.3) is 0 Å². The fourth-order valence-electron chi connectivity index (χ4n) is 1.93. The molecule has 1 aromatic rings. The first-order chi connectivity index (χ1) is 9.70. The largest absolute Gasteiger partial charge is 0.496 e. The van der Waals surface area contributed by atoms with E-state index in [1.54, 1.807) is 13.8 Å². The van der Waals surface area contributed by atoms with Crippen molar-refractivity contribution in [1.29, 1.82) is 0 Å². The summed E-state index contributed by atoms with van der Waals surface area (Å²) in [5, 5.41) is -1.47. The Kier molecular flexibility index (Phi) is 5.82. The Morgan fingerprint density at radius 3 is 2.33 bits per heavy atom. The normalized spacial score (nSPS) is 12.1. The predicted molar refractivity (Wildman–Crippen MR) is 78.8 cm³/mol. The van der Waals surface area contributed by atoms with E-state index in [0.717, 1.165) is 0 Å². The molecule has 1 rings (SSSR count). The Morgan fingerprint density at radius 2 is 1.90 bits per heavy atom. The van der Waals surface area contributed by atoms with Gasteiger partial charge in [-0.25, -0.2) is 4.79 Å². The zero-order valence-corrected chi connectivity index (χ0v) is 13.6. The minimum absolute atomic E-state index is 0.00454. The van der Waals surface area contributed by atoms with E-state index >= 15 is 0 Å². The molecule has 0 amide bonds. The number of ether oxygens (including phenoxy) is 2. The SMILES string of the molecule is CCC(CC)(OC(=O)c1ccc(Cl)cc1OC)P(=O)(O)O. The number of carbonyl (C=O) groups excluding carboxylic acids is 1. The predicted octanol–water partition coefficient (Wildman–Crippen LogP) is 3.20. The molecule has 0 heterocycles. The van der Waals surface area contributed by atoms with Gasteiger partial charge in [0.2, 0.25) is 5.34 Å². The van der Waals surface area contributed by atoms with Gasteiger partial charge in [-0.2, -0.15) is 0 Å². The van der Waals surface area contributed by atoms with Gasteiger partial charge in [-0.3, -0.25) is 4.57 Å². The van der Waals surface area contributed by atoms with Crippen LogP contribution in [-0.2, 0) is 9.30 Å². The summed E-state index contributed by atoms with van der Waals surface area (Å²) in [5.74, 6) is -0.685. The van der Waals surface area contributed by atoms with Gasteiger partial charge < -0.3 is 19.3 Å². The topological polar surface area (TPSA) is 93.1 Å². The highest BCUT2D eigenvalue weighted by atomic mass is 35.5. The maximum atomic E-state index is 12.2. The highest BCUT2D eigenvalue weighted by Crippen LogP contribution is 2.55. The van der Waals surface area contributed by atoms with Crippen LogP contribution in [0.25, 0.3) is 0 Å². The van der Waals surface area contributed by atoms with Crippen molar-refractivity contribution >= 4 is 25.2 Å². The van der Waals surface area contributed by atoms with Crippen LogP contribution in [0.15, 0.2) is 18.2 Å². The first-order valence-corrected chi connectivity index (χ1v) is 8.32. The van der Waals surface area contributed by atoms with Crippen molar-refractivity contribution in [2.75, 3.05) is 7.11 Å². The van der Waals surface area contributed by atoms with Crippen molar-refractivity contribution < 1.29 is 28.6 Å². The van der Waals surface area contributed by atoms with E-state index in [-0.39, 0.29) is 24.2 Å². The molecule has 1 aromatic carbocycles. The van der Waals surface area contributed by atoms with Crippen molar-refractivity contribution in [3.05, 3.63) is 28.8 Å². The van der Waals surface area contributed by atoms with E-state index in [2.05, 4.69) is 0 Å². The third-order valence-corrected chi connectivity index (χ3v) is 5.32. The summed E-state index contributed by atoms with van der Waals surface area (Å²) in [5.41, 5.74) is 0.0571. The van der Waals surface area contributed by atoms with E-state index in [0.29, 0.717) is 5.02 Å². The highest BCUT2D eigenvalue weighted by Gasteiger charge is 2.48. The van der Waals surface area contributed by atoms with E-state index in [1.165, 1.54) is 25.3 Å². The van der Waals surface area contributed by atoms with Gasteiger partial charge >= 0.3 is 13.6 Å². The number of carbonyl (C=O) groups is 1. The Labute approximate surface area is 128 Å². The van der Waals surface area contributed by atoms with E-state index in [4.69, 9.17) is 21.1 Å². The summed E-state index contributed by atoms with van der Waals surface area (Å²) < 4.78 is 21.8. The van der Waals surface area contributed by atoms with Gasteiger partial charge in [0.05, 0.1) is 7.11 Å². The smallest absolute Gasteiger partial charge is 0.368 e. The Balaban J connectivity index is 3.18. The van der Waals surface area contributed by atoms with E-state index in [1.807, 2.05) is 0 Å². The van der Waals surface area contributed by atoms with Crippen molar-refractivity contribution in [1.82, 2.24) is 0 Å². The van der Waals surface area contributed by atoms with Crippen LogP contribution in [0.5, 0.6) is 5.75 Å². The van der Waals surface area contributed by atoms with Crippen LogP contribution in [0.2, 0.25) is 5.02 Å². The van der Waals surface area contributed by atoms with Gasteiger partial charge in [-0.05, 0) is 31.0 Å². The molecule has 0 aliphatic carbocycles. The second kappa shape index (κ2) is 6.79. The number of methoxy groups -OCH3 is 1. The molecule has 8 heteroatoms. The van der Waals surface area contributed by atoms with Crippen LogP contribution >= 0.6 is 19.2 Å². The summed E-state index contributed by atoms with van der Waals surface area (Å²) in [4.78, 5) is 31.2. The van der Waals surface area contributed by atoms with Gasteiger partial charge in [0.15, 0.2) is 0 Å². The van der Waals surface area contributed by atoms with Gasteiger partial charge in [-0.1, -0.05) is 25.4 Å². The number of hydrogen-bond acceptors (Lipinski definition) is 4. The zero-order valence-electron chi connectivity index (χ0n) is 12.0. The number of hydrogen-bond donors (Lipinski definition) is 2. The van der Waals surface area contributed by atoms with Crippen LogP contribution in [-0.4, -0.2) is 28.2 Å². The molecule has 0 saturated heterocycles. The molecule has 0 radical (unpaired) electrons. The van der Waals surface area contributed by atoms with Gasteiger partial charge in [-0.15, -0.1) is 0 Å². The van der Waals surface area contributed by atoms with Gasteiger partial charge in [0.1, 0.15) is 11.3 Å². The Bertz CT molecular complexity index is 564. The highest BCUT2D eigenvalue weighted by molar-refractivity contribution is 7.53. The molecular formula is C13H18ClO6P. The Hall–Kier alpha value is -1.07. The van der Waals surface area contributed by atoms with Gasteiger partial charge in [0, 0.05) is 5.02 Å². The molecule has 0 saturated carbocycles. The fourth-order valence-corrected chi connectivity index (χ4v) is 3.11. The van der Waals surface area contributed by atoms with Crippen LogP contribution in [0.4, 0.5) is 0 Å². The molecule has 0 aliphatic heterocycles. The van der Waals surface area contributed by atoms with Crippen molar-refractivity contribution in [2.24, 2.45) is 0 Å². The molecule has 0 spiro atoms. The third kappa shape index (κ3) is 3.77. The summed E-state index contributed by atoms with van der Waals surface area (Å²) in [7, 11) is -3.26. The maximum absolute atomic E-state index is 12.2. The van der Waals surface area contributed by atoms with Crippen LogP contribution < -0.4 is 4.74 Å². The number of halogens is 1. The lowest BCUT2D eigenvalue weighted by atomic mass is 10.2. The molecule has 0 aromatic heterocycles. The van der Waals surface area contributed by atoms with Crippen LogP contribution in [0.3, 0.4) is 0 Å². The molecule has 2 N–H and O–H groups in total. The lowest BCUT2D eigenvalue weighted by Gasteiger charge is -2.31. The number of rotatable bonds is 6. The van der Waals surface area contributed by atoms with E-state index in [9.17, 15) is 19.1 Å². The molecule has 21 heavy (non-hydrogen) atoms. The molecule has 0 atom stereocenters. The standard InChI is InChI=1S/C13H18ClO6P/c1-4-13(5-2,21(16,17)18)20-12(15)10-7-6-9(14)8-11(10)19-3/h6-8H,4-5H2,1-3H3,(H2,16,17,18). The first kappa shape index (κ1) is 18.0. The molecular weight excluding hydrogens is 319 g/mol. The summed E-state index contributed by atoms with van der Waals surface area (Å²) in [6.45, 7) is 3.10. The molecule has 0 aliphatic rings. The van der Waals surface area contributed by atoms with Crippen molar-refractivity contribution in [2.45, 2.75) is 32.0 Å². The summed E-state index contributed by atoms with van der Waals surface area (Å²) in [6, 6.07) is 4.28. The first-order valence-electron chi connectivity index (χ1n) is 6.33. The second-order valence-electron chi connectivity index (χ2n) is 4.43. The molecule has 0 unspecified atom stereocenters. The molecule has 118 valence electrons. The van der Waals surface area contributed by atoms with E-state index < -0.39 is 18.9 Å². The number of esters is 1. The molecule has 0 fully saturated rings. The molecule has 0 bridgehead atoms. The third-order valence-electron chi connectivity index (χ3n) is 3.30. The second-order valence-corrected chi connectivity index (χ2v) is 6.77. The minimum Gasteiger partial charge on any atom is -0.496 e. The minimum atomic E-state index is -4.62. The quantitative estimate of drug-likeness (QED) is 0.612. The van der Waals surface area contributed by atoms with Crippen LogP contribution in [0, 0.1) is 0 Å².